The number of hydrogen-bond donors (Lipinski definition) is 2. The number of ether oxygens (including phenoxy) is 3. The van der Waals surface area contributed by atoms with E-state index >= 15 is 0 Å². The number of halogens is 3. The van der Waals surface area contributed by atoms with E-state index in [2.05, 4.69) is 30.0 Å². The number of H-pyrrole nitrogens is 1. The molecule has 0 radical (unpaired) electrons. The van der Waals surface area contributed by atoms with Crippen LogP contribution < -0.4 is 25.2 Å². The second kappa shape index (κ2) is 8.78. The van der Waals surface area contributed by atoms with Gasteiger partial charge in [-0.2, -0.15) is 15.0 Å². The van der Waals surface area contributed by atoms with Gasteiger partial charge >= 0.3 is 12.5 Å². The highest BCUT2D eigenvalue weighted by molar-refractivity contribution is 5.88. The maximum atomic E-state index is 13.0. The number of benzene rings is 1. The van der Waals surface area contributed by atoms with Crippen LogP contribution in [0, 0.1) is 6.92 Å². The summed E-state index contributed by atoms with van der Waals surface area (Å²) in [4.78, 5) is 42.4. The normalized spacial score (nSPS) is 18.6. The van der Waals surface area contributed by atoms with Crippen molar-refractivity contribution in [3.8, 4) is 11.5 Å². The number of aromatic nitrogens is 4. The van der Waals surface area contributed by atoms with Crippen molar-refractivity contribution in [1.82, 2.24) is 19.9 Å². The molecule has 37 heavy (non-hydrogen) atoms. The van der Waals surface area contributed by atoms with E-state index in [-0.39, 0.29) is 35.8 Å². The van der Waals surface area contributed by atoms with E-state index in [1.54, 1.807) is 6.92 Å². The number of carbonyl (C=O) groups is 1. The number of nitrogens with one attached hydrogen (secondary N) is 2. The van der Waals surface area contributed by atoms with Gasteiger partial charge in [-0.15, -0.1) is 13.2 Å². The summed E-state index contributed by atoms with van der Waals surface area (Å²) >= 11 is 0. The van der Waals surface area contributed by atoms with Gasteiger partial charge in [0.25, 0.3) is 5.56 Å². The van der Waals surface area contributed by atoms with Crippen LogP contribution in [0.4, 0.5) is 29.9 Å². The SMILES string of the molecule is CC[C@H]1COC(=O)N1c1nc(C)nc(NC2(c3cc4cc(OC(F)(F)F)c(OC)cc4[nH]c3=O)CC2)n1. The molecule has 5 rings (SSSR count). The number of cyclic esters (lactones) is 1. The average molecular weight is 520 g/mol. The molecule has 2 fully saturated rings. The largest absolute Gasteiger partial charge is 0.573 e. The molecule has 1 aliphatic heterocycles. The van der Waals surface area contributed by atoms with Crippen LogP contribution in [0.5, 0.6) is 11.5 Å². The third kappa shape index (κ3) is 4.70. The summed E-state index contributed by atoms with van der Waals surface area (Å²) in [5.41, 5.74) is -0.695. The van der Waals surface area contributed by atoms with Gasteiger partial charge in [0.15, 0.2) is 11.5 Å². The van der Waals surface area contributed by atoms with E-state index in [0.29, 0.717) is 36.0 Å². The molecular formula is C23H23F3N6O5. The molecule has 3 heterocycles. The molecule has 1 aliphatic carbocycles. The summed E-state index contributed by atoms with van der Waals surface area (Å²) in [5.74, 6) is -0.0599. The van der Waals surface area contributed by atoms with E-state index in [1.807, 2.05) is 6.92 Å². The molecule has 3 aromatic rings. The number of rotatable bonds is 7. The van der Waals surface area contributed by atoms with Crippen molar-refractivity contribution in [3.63, 3.8) is 0 Å². The van der Waals surface area contributed by atoms with Gasteiger partial charge in [-0.25, -0.2) is 9.69 Å². The first-order valence-electron chi connectivity index (χ1n) is 11.5. The zero-order valence-electron chi connectivity index (χ0n) is 20.1. The standard InChI is InChI=1S/C23H23F3N6O5/c1-4-13-10-36-21(34)32(13)20-28-11(2)27-19(30-20)31-22(5-6-22)14-7-12-8-17(37-23(24,25)26)16(35-3)9-15(12)29-18(14)33/h7-9,13H,4-6,10H2,1-3H3,(H,29,33)(H,27,28,30,31)/t13-/m0/s1. The Morgan fingerprint density at radius 2 is 1.95 bits per heavy atom. The van der Waals surface area contributed by atoms with Crippen molar-refractivity contribution in [2.75, 3.05) is 23.9 Å². The molecule has 1 saturated heterocycles. The van der Waals surface area contributed by atoms with Gasteiger partial charge in [0.1, 0.15) is 12.4 Å². The average Bonchev–Trinajstić information content (AvgIpc) is 3.49. The number of fused-ring (bicyclic) bond motifs is 1. The van der Waals surface area contributed by atoms with E-state index in [0.717, 1.165) is 6.07 Å². The van der Waals surface area contributed by atoms with E-state index in [4.69, 9.17) is 9.47 Å². The highest BCUT2D eigenvalue weighted by Gasteiger charge is 2.47. The van der Waals surface area contributed by atoms with Crippen LogP contribution in [0.25, 0.3) is 10.9 Å². The number of aryl methyl sites for hydroxylation is 1. The fraction of sp³-hybridized carbons (Fsp3) is 0.435. The van der Waals surface area contributed by atoms with Crippen LogP contribution in [0.1, 0.15) is 37.6 Å². The van der Waals surface area contributed by atoms with Crippen molar-refractivity contribution in [2.45, 2.75) is 51.1 Å². The molecule has 196 valence electrons. The second-order valence-corrected chi connectivity index (χ2v) is 8.87. The minimum absolute atomic E-state index is 0.133. The summed E-state index contributed by atoms with van der Waals surface area (Å²) in [6.07, 6.45) is -3.73. The topological polar surface area (TPSA) is 132 Å². The zero-order chi connectivity index (χ0) is 26.5. The smallest absolute Gasteiger partial charge is 0.493 e. The van der Waals surface area contributed by atoms with Crippen LogP contribution in [-0.4, -0.2) is 52.2 Å². The number of pyridine rings is 1. The molecule has 14 heteroatoms. The molecule has 0 bridgehead atoms. The van der Waals surface area contributed by atoms with Gasteiger partial charge in [0, 0.05) is 17.0 Å². The zero-order valence-corrected chi connectivity index (χ0v) is 20.1. The van der Waals surface area contributed by atoms with Gasteiger partial charge in [0.05, 0.1) is 24.2 Å². The maximum Gasteiger partial charge on any atom is 0.573 e. The van der Waals surface area contributed by atoms with Crippen LogP contribution in [0.2, 0.25) is 0 Å². The van der Waals surface area contributed by atoms with Gasteiger partial charge in [-0.1, -0.05) is 6.92 Å². The molecule has 11 nitrogen and oxygen atoms in total. The van der Waals surface area contributed by atoms with Crippen molar-refractivity contribution in [1.29, 1.82) is 0 Å². The summed E-state index contributed by atoms with van der Waals surface area (Å²) in [7, 11) is 1.20. The number of methoxy groups -OCH3 is 1. The Balaban J connectivity index is 1.51. The monoisotopic (exact) mass is 520 g/mol. The molecule has 2 aliphatic rings. The molecular weight excluding hydrogens is 497 g/mol. The predicted molar refractivity (Wildman–Crippen MR) is 125 cm³/mol. The number of hydrogen-bond acceptors (Lipinski definition) is 9. The highest BCUT2D eigenvalue weighted by atomic mass is 19.4. The lowest BCUT2D eigenvalue weighted by atomic mass is 10.0. The number of aromatic amines is 1. The third-order valence-electron chi connectivity index (χ3n) is 6.35. The molecule has 1 atom stereocenters. The third-order valence-corrected chi connectivity index (χ3v) is 6.35. The minimum atomic E-state index is -4.92. The Hall–Kier alpha value is -4.10. The Morgan fingerprint density at radius 1 is 1.19 bits per heavy atom. The highest BCUT2D eigenvalue weighted by Crippen LogP contribution is 2.47. The predicted octanol–water partition coefficient (Wildman–Crippen LogP) is 3.77. The van der Waals surface area contributed by atoms with Gasteiger partial charge in [-0.05, 0) is 38.3 Å². The van der Waals surface area contributed by atoms with E-state index in [1.165, 1.54) is 24.1 Å². The van der Waals surface area contributed by atoms with Gasteiger partial charge in [-0.3, -0.25) is 4.79 Å². The van der Waals surface area contributed by atoms with Crippen molar-refractivity contribution < 1.29 is 32.2 Å². The quantitative estimate of drug-likeness (QED) is 0.478. The first-order chi connectivity index (χ1) is 17.5. The number of nitrogens with zero attached hydrogens (tertiary/aromatic N) is 4. The lowest BCUT2D eigenvalue weighted by molar-refractivity contribution is -0.275. The first-order valence-corrected chi connectivity index (χ1v) is 11.5. The summed E-state index contributed by atoms with van der Waals surface area (Å²) in [6.45, 7) is 3.79. The Bertz CT molecular complexity index is 1440. The fourth-order valence-electron chi connectivity index (χ4n) is 4.37. The van der Waals surface area contributed by atoms with Crippen LogP contribution in [0.15, 0.2) is 23.0 Å². The van der Waals surface area contributed by atoms with Crippen molar-refractivity contribution in [2.24, 2.45) is 0 Å². The Morgan fingerprint density at radius 3 is 2.59 bits per heavy atom. The number of alkyl halides is 3. The molecule has 2 aromatic heterocycles. The molecule has 0 unspecified atom stereocenters. The Labute approximate surface area is 208 Å². The lowest BCUT2D eigenvalue weighted by Crippen LogP contribution is -2.35. The van der Waals surface area contributed by atoms with Gasteiger partial charge < -0.3 is 24.5 Å². The summed E-state index contributed by atoms with van der Waals surface area (Å²) in [5, 5.41) is 3.50. The molecule has 1 amide bonds. The molecule has 1 aromatic carbocycles. The van der Waals surface area contributed by atoms with E-state index < -0.39 is 29.3 Å². The first kappa shape index (κ1) is 24.6. The second-order valence-electron chi connectivity index (χ2n) is 8.87. The fourth-order valence-corrected chi connectivity index (χ4v) is 4.37. The molecule has 1 saturated carbocycles. The number of carbonyl (C=O) groups excluding carboxylic acids is 1. The molecule has 2 N–H and O–H groups in total. The van der Waals surface area contributed by atoms with Gasteiger partial charge in [0.2, 0.25) is 11.9 Å². The Kier molecular flexibility index (Phi) is 5.83. The van der Waals surface area contributed by atoms with Crippen LogP contribution in [0.3, 0.4) is 0 Å². The van der Waals surface area contributed by atoms with Crippen molar-refractivity contribution >= 4 is 28.9 Å². The lowest BCUT2D eigenvalue weighted by Gasteiger charge is -2.21. The van der Waals surface area contributed by atoms with Crippen LogP contribution in [-0.2, 0) is 10.3 Å². The van der Waals surface area contributed by atoms with Crippen LogP contribution >= 0.6 is 0 Å². The van der Waals surface area contributed by atoms with E-state index in [9.17, 15) is 22.8 Å². The minimum Gasteiger partial charge on any atom is -0.493 e. The summed E-state index contributed by atoms with van der Waals surface area (Å²) in [6, 6.07) is 3.73. The maximum absolute atomic E-state index is 13.0. The molecule has 0 spiro atoms. The number of anilines is 2. The van der Waals surface area contributed by atoms with Crippen molar-refractivity contribution in [3.05, 3.63) is 39.9 Å². The summed E-state index contributed by atoms with van der Waals surface area (Å²) < 4.78 is 52.9. The number of amides is 1.